The number of hydrogen-bond acceptors (Lipinski definition) is 4. The molecule has 0 spiro atoms. The zero-order chi connectivity index (χ0) is 13.8. The van der Waals surface area contributed by atoms with Crippen LogP contribution in [0.25, 0.3) is 0 Å². The highest BCUT2D eigenvalue weighted by molar-refractivity contribution is 5.91. The number of amides is 1. The van der Waals surface area contributed by atoms with Crippen LogP contribution in [0.15, 0.2) is 10.6 Å². The Balaban J connectivity index is 2.77. The summed E-state index contributed by atoms with van der Waals surface area (Å²) in [6.07, 6.45) is 1.97. The number of carbonyl (C=O) groups is 1. The summed E-state index contributed by atoms with van der Waals surface area (Å²) < 4.78 is 5.10. The first-order valence-corrected chi connectivity index (χ1v) is 6.42. The third-order valence-corrected chi connectivity index (χ3v) is 3.12. The molecule has 5 nitrogen and oxygen atoms in total. The Kier molecular flexibility index (Phi) is 4.90. The summed E-state index contributed by atoms with van der Waals surface area (Å²) in [5.41, 5.74) is 5.97. The van der Waals surface area contributed by atoms with Gasteiger partial charge in [-0.05, 0) is 26.7 Å². The lowest BCUT2D eigenvalue weighted by Gasteiger charge is -2.23. The average molecular weight is 253 g/mol. The highest BCUT2D eigenvalue weighted by atomic mass is 16.5. The molecule has 0 atom stereocenters. The molecule has 18 heavy (non-hydrogen) atoms. The first kappa shape index (κ1) is 14.7. The zero-order valence-electron chi connectivity index (χ0n) is 11.6. The van der Waals surface area contributed by atoms with Crippen LogP contribution in [0.2, 0.25) is 0 Å². The maximum Gasteiger partial charge on any atom is 0.290 e. The van der Waals surface area contributed by atoms with Crippen molar-refractivity contribution in [1.82, 2.24) is 10.5 Å². The first-order chi connectivity index (χ1) is 8.43. The largest absolute Gasteiger partial charge is 0.351 e. The Labute approximate surface area is 108 Å². The molecule has 1 aromatic heterocycles. The molecule has 0 fully saturated rings. The fourth-order valence-corrected chi connectivity index (χ4v) is 1.72. The van der Waals surface area contributed by atoms with Gasteiger partial charge in [0.15, 0.2) is 0 Å². The van der Waals surface area contributed by atoms with Crippen LogP contribution in [0.5, 0.6) is 0 Å². The molecule has 0 bridgehead atoms. The van der Waals surface area contributed by atoms with Crippen molar-refractivity contribution in [1.29, 1.82) is 0 Å². The van der Waals surface area contributed by atoms with E-state index in [1.165, 1.54) is 0 Å². The Morgan fingerprint density at radius 3 is 2.61 bits per heavy atom. The lowest BCUT2D eigenvalue weighted by molar-refractivity contribution is 0.0877. The maximum atomic E-state index is 11.9. The molecule has 0 aliphatic rings. The number of nitrogens with one attached hydrogen (secondary N) is 1. The molecule has 0 aromatic carbocycles. The quantitative estimate of drug-likeness (QED) is 0.813. The highest BCUT2D eigenvalue weighted by Crippen LogP contribution is 2.22. The molecular weight excluding hydrogens is 230 g/mol. The average Bonchev–Trinajstić information content (AvgIpc) is 2.80. The molecule has 5 heteroatoms. The van der Waals surface area contributed by atoms with Crippen LogP contribution in [0.1, 0.15) is 62.7 Å². The van der Waals surface area contributed by atoms with Crippen molar-refractivity contribution < 1.29 is 9.32 Å². The van der Waals surface area contributed by atoms with Gasteiger partial charge in [-0.1, -0.05) is 19.0 Å². The SMILES string of the molecule is CCC(CC)c1cc(C(=O)NC(C)(C)CN)on1. The lowest BCUT2D eigenvalue weighted by Crippen LogP contribution is -2.48. The monoisotopic (exact) mass is 253 g/mol. The summed E-state index contributed by atoms with van der Waals surface area (Å²) in [4.78, 5) is 11.9. The number of aromatic nitrogens is 1. The molecule has 0 saturated carbocycles. The summed E-state index contributed by atoms with van der Waals surface area (Å²) in [6, 6.07) is 1.72. The molecule has 1 rings (SSSR count). The fraction of sp³-hybridized carbons (Fsp3) is 0.692. The van der Waals surface area contributed by atoms with Gasteiger partial charge in [-0.25, -0.2) is 0 Å². The topological polar surface area (TPSA) is 81.2 Å². The molecule has 0 saturated heterocycles. The summed E-state index contributed by atoms with van der Waals surface area (Å²) >= 11 is 0. The Morgan fingerprint density at radius 1 is 1.50 bits per heavy atom. The second kappa shape index (κ2) is 6.00. The number of rotatable bonds is 6. The van der Waals surface area contributed by atoms with Crippen molar-refractivity contribution >= 4 is 5.91 Å². The van der Waals surface area contributed by atoms with Crippen LogP contribution < -0.4 is 11.1 Å². The van der Waals surface area contributed by atoms with Crippen LogP contribution in [0.3, 0.4) is 0 Å². The van der Waals surface area contributed by atoms with Crippen LogP contribution in [0, 0.1) is 0 Å². The summed E-state index contributed by atoms with van der Waals surface area (Å²) in [7, 11) is 0. The summed E-state index contributed by atoms with van der Waals surface area (Å²) in [5.74, 6) is 0.325. The molecule has 0 aliphatic heterocycles. The lowest BCUT2D eigenvalue weighted by atomic mass is 9.99. The summed E-state index contributed by atoms with van der Waals surface area (Å²) in [5, 5.41) is 6.78. The highest BCUT2D eigenvalue weighted by Gasteiger charge is 2.23. The van der Waals surface area contributed by atoms with Crippen molar-refractivity contribution in [2.45, 2.75) is 52.0 Å². The van der Waals surface area contributed by atoms with E-state index in [2.05, 4.69) is 24.3 Å². The van der Waals surface area contributed by atoms with E-state index in [-0.39, 0.29) is 11.7 Å². The van der Waals surface area contributed by atoms with Gasteiger partial charge in [-0.3, -0.25) is 4.79 Å². The van der Waals surface area contributed by atoms with Crippen molar-refractivity contribution in [2.75, 3.05) is 6.54 Å². The van der Waals surface area contributed by atoms with Gasteiger partial charge in [0.05, 0.1) is 5.69 Å². The van der Waals surface area contributed by atoms with Gasteiger partial charge in [-0.15, -0.1) is 0 Å². The van der Waals surface area contributed by atoms with Crippen molar-refractivity contribution in [3.8, 4) is 0 Å². The van der Waals surface area contributed by atoms with Gasteiger partial charge in [0.1, 0.15) is 0 Å². The fourth-order valence-electron chi connectivity index (χ4n) is 1.72. The molecule has 3 N–H and O–H groups in total. The van der Waals surface area contributed by atoms with Crippen molar-refractivity contribution in [3.63, 3.8) is 0 Å². The van der Waals surface area contributed by atoms with Gasteiger partial charge in [0.25, 0.3) is 5.91 Å². The zero-order valence-corrected chi connectivity index (χ0v) is 11.6. The number of carbonyl (C=O) groups excluding carboxylic acids is 1. The van der Waals surface area contributed by atoms with E-state index in [0.29, 0.717) is 12.5 Å². The van der Waals surface area contributed by atoms with Crippen molar-refractivity contribution in [3.05, 3.63) is 17.5 Å². The van der Waals surface area contributed by atoms with E-state index in [0.717, 1.165) is 18.5 Å². The van der Waals surface area contributed by atoms with E-state index < -0.39 is 5.54 Å². The molecule has 1 heterocycles. The molecule has 0 radical (unpaired) electrons. The van der Waals surface area contributed by atoms with E-state index in [4.69, 9.17) is 10.3 Å². The van der Waals surface area contributed by atoms with Gasteiger partial charge in [-0.2, -0.15) is 0 Å². The minimum Gasteiger partial charge on any atom is -0.351 e. The van der Waals surface area contributed by atoms with Crippen LogP contribution >= 0.6 is 0 Å². The molecular formula is C13H23N3O2. The van der Waals surface area contributed by atoms with Crippen molar-refractivity contribution in [2.24, 2.45) is 5.73 Å². The van der Waals surface area contributed by atoms with E-state index >= 15 is 0 Å². The van der Waals surface area contributed by atoms with Gasteiger partial charge in [0.2, 0.25) is 5.76 Å². The Bertz CT molecular complexity index is 395. The van der Waals surface area contributed by atoms with Crippen LogP contribution in [-0.2, 0) is 0 Å². The van der Waals surface area contributed by atoms with Crippen LogP contribution in [-0.4, -0.2) is 23.1 Å². The van der Waals surface area contributed by atoms with Gasteiger partial charge >= 0.3 is 0 Å². The molecule has 0 unspecified atom stereocenters. The second-order valence-corrected chi connectivity index (χ2v) is 5.17. The number of nitrogens with two attached hydrogens (primary N) is 1. The number of hydrogen-bond donors (Lipinski definition) is 2. The van der Waals surface area contributed by atoms with E-state index in [1.54, 1.807) is 6.07 Å². The third-order valence-electron chi connectivity index (χ3n) is 3.12. The molecule has 1 amide bonds. The second-order valence-electron chi connectivity index (χ2n) is 5.17. The number of nitrogens with zero attached hydrogens (tertiary/aromatic N) is 1. The predicted molar refractivity (Wildman–Crippen MR) is 70.4 cm³/mol. The van der Waals surface area contributed by atoms with Gasteiger partial charge < -0.3 is 15.6 Å². The van der Waals surface area contributed by atoms with E-state index in [9.17, 15) is 4.79 Å². The summed E-state index contributed by atoms with van der Waals surface area (Å²) in [6.45, 7) is 8.29. The predicted octanol–water partition coefficient (Wildman–Crippen LogP) is 2.05. The van der Waals surface area contributed by atoms with Crippen LogP contribution in [0.4, 0.5) is 0 Å². The minimum atomic E-state index is -0.445. The smallest absolute Gasteiger partial charge is 0.290 e. The standard InChI is InChI=1S/C13H23N3O2/c1-5-9(6-2)10-7-11(18-16-10)12(17)15-13(3,4)8-14/h7,9H,5-6,8,14H2,1-4H3,(H,15,17). The first-order valence-electron chi connectivity index (χ1n) is 6.42. The van der Waals surface area contributed by atoms with E-state index in [1.807, 2.05) is 13.8 Å². The minimum absolute atomic E-state index is 0.249. The van der Waals surface area contributed by atoms with Gasteiger partial charge in [0, 0.05) is 24.1 Å². The normalized spacial score (nSPS) is 11.9. The Morgan fingerprint density at radius 2 is 2.11 bits per heavy atom. The molecule has 0 aliphatic carbocycles. The molecule has 102 valence electrons. The maximum absolute atomic E-state index is 11.9. The third kappa shape index (κ3) is 3.57. The molecule has 1 aromatic rings. The Hall–Kier alpha value is -1.36.